The van der Waals surface area contributed by atoms with E-state index in [1.807, 2.05) is 25.1 Å². The summed E-state index contributed by atoms with van der Waals surface area (Å²) in [5.74, 6) is -0.121. The highest BCUT2D eigenvalue weighted by Gasteiger charge is 2.43. The number of para-hydroxylation sites is 1. The Hall–Kier alpha value is -2.25. The third-order valence-electron chi connectivity index (χ3n) is 6.05. The number of fused-ring (bicyclic) bond motifs is 1. The van der Waals surface area contributed by atoms with Crippen LogP contribution in [0.4, 0.5) is 0 Å². The van der Waals surface area contributed by atoms with Gasteiger partial charge in [0.05, 0.1) is 50.1 Å². The lowest BCUT2D eigenvalue weighted by molar-refractivity contribution is -0.187. The Labute approximate surface area is 170 Å². The van der Waals surface area contributed by atoms with Crippen molar-refractivity contribution in [2.45, 2.75) is 44.8 Å². The third kappa shape index (κ3) is 4.21. The van der Waals surface area contributed by atoms with Gasteiger partial charge in [-0.2, -0.15) is 0 Å². The molecule has 1 aromatic heterocycles. The topological polar surface area (TPSA) is 79.8 Å². The Balaban J connectivity index is 1.58. The number of ether oxygens (including phenoxy) is 4. The molecule has 2 heterocycles. The van der Waals surface area contributed by atoms with Crippen LogP contribution in [0.1, 0.15) is 38.2 Å². The molecule has 0 amide bonds. The van der Waals surface area contributed by atoms with Gasteiger partial charge in [0.2, 0.25) is 5.88 Å². The second kappa shape index (κ2) is 8.63. The minimum Gasteiger partial charge on any atom is -0.480 e. The molecule has 1 aliphatic heterocycles. The molecule has 1 saturated carbocycles. The quantitative estimate of drug-likeness (QED) is 0.688. The van der Waals surface area contributed by atoms with E-state index in [1.54, 1.807) is 13.3 Å². The van der Waals surface area contributed by atoms with Crippen LogP contribution in [0.25, 0.3) is 11.0 Å². The van der Waals surface area contributed by atoms with Gasteiger partial charge in [0, 0.05) is 12.8 Å². The number of hydrogen-bond acceptors (Lipinski definition) is 7. The number of esters is 1. The van der Waals surface area contributed by atoms with Crippen molar-refractivity contribution in [3.05, 3.63) is 30.0 Å². The van der Waals surface area contributed by atoms with E-state index in [4.69, 9.17) is 18.9 Å². The minimum absolute atomic E-state index is 0.144. The maximum absolute atomic E-state index is 12.9. The van der Waals surface area contributed by atoms with E-state index in [9.17, 15) is 4.79 Å². The lowest BCUT2D eigenvalue weighted by atomic mass is 9.75. The molecule has 4 rings (SSSR count). The number of aromatic nitrogens is 2. The molecule has 2 aliphatic rings. The summed E-state index contributed by atoms with van der Waals surface area (Å²) < 4.78 is 22.4. The summed E-state index contributed by atoms with van der Waals surface area (Å²) in [6.07, 6.45) is 5.56. The van der Waals surface area contributed by atoms with Gasteiger partial charge in [0.1, 0.15) is 0 Å². The maximum Gasteiger partial charge on any atom is 0.309 e. The van der Waals surface area contributed by atoms with E-state index in [2.05, 4.69) is 9.97 Å². The van der Waals surface area contributed by atoms with Crippen molar-refractivity contribution in [1.82, 2.24) is 9.97 Å². The van der Waals surface area contributed by atoms with E-state index < -0.39 is 5.79 Å². The monoisotopic (exact) mass is 400 g/mol. The predicted octanol–water partition coefficient (Wildman–Crippen LogP) is 3.29. The highest BCUT2D eigenvalue weighted by Crippen LogP contribution is 2.42. The number of benzene rings is 1. The second-order valence-electron chi connectivity index (χ2n) is 7.70. The summed E-state index contributed by atoms with van der Waals surface area (Å²) in [7, 11) is 1.57. The number of hydrogen-bond donors (Lipinski definition) is 0. The van der Waals surface area contributed by atoms with Gasteiger partial charge in [-0.25, -0.2) is 9.97 Å². The maximum atomic E-state index is 12.9. The number of rotatable bonds is 6. The van der Waals surface area contributed by atoms with Crippen LogP contribution < -0.4 is 4.74 Å². The van der Waals surface area contributed by atoms with Gasteiger partial charge in [-0.05, 0) is 43.7 Å². The third-order valence-corrected chi connectivity index (χ3v) is 6.05. The normalized spacial score (nSPS) is 20.1. The summed E-state index contributed by atoms with van der Waals surface area (Å²) in [5.41, 5.74) is 2.55. The summed E-state index contributed by atoms with van der Waals surface area (Å²) in [4.78, 5) is 21.9. The summed E-state index contributed by atoms with van der Waals surface area (Å²) in [6, 6.07) is 5.89. The molecule has 1 spiro atoms. The standard InChI is InChI=1S/C22H28N2O5/c1-3-27-21(25)17(15-7-9-22(10-8-15)28-11-12-29-22)13-16-5-4-6-18-20(16)24-19(26-2)14-23-18/h4-6,14-15,17H,3,7-13H2,1-2H3/t17-/m0/s1. The summed E-state index contributed by atoms with van der Waals surface area (Å²) in [5, 5.41) is 0. The van der Waals surface area contributed by atoms with Gasteiger partial charge in [-0.15, -0.1) is 0 Å². The molecule has 7 heteroatoms. The number of nitrogens with zero attached hydrogens (tertiary/aromatic N) is 2. The largest absolute Gasteiger partial charge is 0.480 e. The van der Waals surface area contributed by atoms with Gasteiger partial charge in [-0.1, -0.05) is 12.1 Å². The summed E-state index contributed by atoms with van der Waals surface area (Å²) in [6.45, 7) is 3.53. The van der Waals surface area contributed by atoms with Crippen molar-refractivity contribution in [3.8, 4) is 5.88 Å². The fourth-order valence-electron chi connectivity index (χ4n) is 4.53. The molecule has 0 radical (unpaired) electrons. The Morgan fingerprint density at radius 1 is 1.28 bits per heavy atom. The molecule has 1 aromatic carbocycles. The molecular weight excluding hydrogens is 372 g/mol. The highest BCUT2D eigenvalue weighted by molar-refractivity contribution is 5.80. The highest BCUT2D eigenvalue weighted by atomic mass is 16.7. The molecule has 0 N–H and O–H groups in total. The van der Waals surface area contributed by atoms with E-state index in [1.165, 1.54) is 0 Å². The lowest BCUT2D eigenvalue weighted by Crippen LogP contribution is -2.39. The first-order chi connectivity index (χ1) is 14.1. The smallest absolute Gasteiger partial charge is 0.309 e. The van der Waals surface area contributed by atoms with Crippen LogP contribution in [0, 0.1) is 11.8 Å². The van der Waals surface area contributed by atoms with Crippen LogP contribution in [0.2, 0.25) is 0 Å². The van der Waals surface area contributed by atoms with Crippen molar-refractivity contribution in [2.75, 3.05) is 26.9 Å². The molecule has 0 bridgehead atoms. The molecular formula is C22H28N2O5. The van der Waals surface area contributed by atoms with E-state index in [-0.39, 0.29) is 17.8 Å². The van der Waals surface area contributed by atoms with Crippen molar-refractivity contribution >= 4 is 17.0 Å². The fourth-order valence-corrected chi connectivity index (χ4v) is 4.53. The van der Waals surface area contributed by atoms with Gasteiger partial charge >= 0.3 is 5.97 Å². The average molecular weight is 400 g/mol. The van der Waals surface area contributed by atoms with Crippen molar-refractivity contribution in [3.63, 3.8) is 0 Å². The van der Waals surface area contributed by atoms with Crippen LogP contribution in [-0.2, 0) is 25.4 Å². The first kappa shape index (κ1) is 20.0. The van der Waals surface area contributed by atoms with Crippen LogP contribution in [-0.4, -0.2) is 48.7 Å². The fraction of sp³-hybridized carbons (Fsp3) is 0.591. The van der Waals surface area contributed by atoms with Crippen LogP contribution in [0.5, 0.6) is 5.88 Å². The average Bonchev–Trinajstić information content (AvgIpc) is 3.20. The van der Waals surface area contributed by atoms with Gasteiger partial charge in [0.15, 0.2) is 5.79 Å². The molecule has 7 nitrogen and oxygen atoms in total. The van der Waals surface area contributed by atoms with Gasteiger partial charge in [-0.3, -0.25) is 4.79 Å². The van der Waals surface area contributed by atoms with Crippen LogP contribution in [0.15, 0.2) is 24.4 Å². The first-order valence-electron chi connectivity index (χ1n) is 10.4. The summed E-state index contributed by atoms with van der Waals surface area (Å²) >= 11 is 0. The van der Waals surface area contributed by atoms with Crippen LogP contribution >= 0.6 is 0 Å². The van der Waals surface area contributed by atoms with Crippen molar-refractivity contribution in [2.24, 2.45) is 11.8 Å². The van der Waals surface area contributed by atoms with Crippen LogP contribution in [0.3, 0.4) is 0 Å². The zero-order chi connectivity index (χ0) is 20.3. The molecule has 0 unspecified atom stereocenters. The van der Waals surface area contributed by atoms with Gasteiger partial charge in [0.25, 0.3) is 0 Å². The van der Waals surface area contributed by atoms with Crippen molar-refractivity contribution < 1.29 is 23.7 Å². The lowest BCUT2D eigenvalue weighted by Gasteiger charge is -2.37. The zero-order valence-corrected chi connectivity index (χ0v) is 17.1. The molecule has 2 aromatic rings. The Morgan fingerprint density at radius 2 is 2.03 bits per heavy atom. The molecule has 1 aliphatic carbocycles. The Morgan fingerprint density at radius 3 is 2.72 bits per heavy atom. The zero-order valence-electron chi connectivity index (χ0n) is 17.1. The molecule has 2 fully saturated rings. The van der Waals surface area contributed by atoms with E-state index in [0.29, 0.717) is 32.1 Å². The Bertz CT molecular complexity index is 855. The molecule has 1 saturated heterocycles. The molecule has 29 heavy (non-hydrogen) atoms. The second-order valence-corrected chi connectivity index (χ2v) is 7.70. The number of carbonyl (C=O) groups is 1. The number of carbonyl (C=O) groups excluding carboxylic acids is 1. The van der Waals surface area contributed by atoms with E-state index in [0.717, 1.165) is 42.3 Å². The van der Waals surface area contributed by atoms with E-state index >= 15 is 0 Å². The number of methoxy groups -OCH3 is 1. The predicted molar refractivity (Wildman–Crippen MR) is 107 cm³/mol. The minimum atomic E-state index is -0.437. The Kier molecular flexibility index (Phi) is 5.96. The first-order valence-corrected chi connectivity index (χ1v) is 10.4. The van der Waals surface area contributed by atoms with Crippen molar-refractivity contribution in [1.29, 1.82) is 0 Å². The SMILES string of the molecule is CCOC(=O)[C@@H](Cc1cccc2ncc(OC)nc12)C1CCC2(CC1)OCCO2. The molecule has 1 atom stereocenters. The molecule has 156 valence electrons. The van der Waals surface area contributed by atoms with Gasteiger partial charge < -0.3 is 18.9 Å².